The molecule has 7 atom stereocenters. The molecule has 1 saturated heterocycles. The van der Waals surface area contributed by atoms with Gasteiger partial charge < -0.3 is 14.6 Å². The molecule has 2 aliphatic heterocycles. The number of nitrogens with one attached hydrogen (secondary N) is 1. The molecule has 1 N–H and O–H groups in total. The van der Waals surface area contributed by atoms with Gasteiger partial charge >= 0.3 is 0 Å². The predicted octanol–water partition coefficient (Wildman–Crippen LogP) is 13.6. The fourth-order valence-corrected chi connectivity index (χ4v) is 12.1. The van der Waals surface area contributed by atoms with E-state index in [9.17, 15) is 0 Å². The summed E-state index contributed by atoms with van der Waals surface area (Å²) >= 11 is 0. The lowest BCUT2D eigenvalue weighted by Gasteiger charge is -2.47. The summed E-state index contributed by atoms with van der Waals surface area (Å²) in [5.41, 5.74) is 9.30. The molecule has 4 aromatic carbocycles. The van der Waals surface area contributed by atoms with Gasteiger partial charge in [0.1, 0.15) is 29.0 Å². The number of anilines is 2. The van der Waals surface area contributed by atoms with Gasteiger partial charge in [-0.1, -0.05) is 165 Å². The first-order chi connectivity index (χ1) is 31.1. The van der Waals surface area contributed by atoms with Crippen molar-refractivity contribution in [3.05, 3.63) is 191 Å². The summed E-state index contributed by atoms with van der Waals surface area (Å²) in [5, 5.41) is 5.34. The lowest BCUT2D eigenvalue weighted by Crippen LogP contribution is -2.51. The molecule has 314 valence electrons. The Labute approximate surface area is 371 Å². The van der Waals surface area contributed by atoms with E-state index in [1.165, 1.54) is 60.2 Å². The van der Waals surface area contributed by atoms with Crippen LogP contribution in [-0.4, -0.2) is 21.5 Å². The van der Waals surface area contributed by atoms with Crippen LogP contribution in [0.3, 0.4) is 0 Å². The molecule has 6 heteroatoms. The summed E-state index contributed by atoms with van der Waals surface area (Å²) in [7, 11) is 0. The quantitative estimate of drug-likeness (QED) is 0.173. The van der Waals surface area contributed by atoms with Crippen LogP contribution in [0, 0.1) is 17.8 Å². The highest BCUT2D eigenvalue weighted by atomic mass is 16.3. The lowest BCUT2D eigenvalue weighted by molar-refractivity contribution is 0.150. The number of hydrogen-bond acceptors (Lipinski definition) is 6. The summed E-state index contributed by atoms with van der Waals surface area (Å²) in [5.74, 6) is 5.39. The maximum Gasteiger partial charge on any atom is 0.163 e. The van der Waals surface area contributed by atoms with Crippen molar-refractivity contribution in [2.45, 2.75) is 87.6 Å². The van der Waals surface area contributed by atoms with Crippen LogP contribution in [0.1, 0.15) is 116 Å². The third-order valence-electron chi connectivity index (χ3n) is 15.4. The Morgan fingerprint density at radius 3 is 2.46 bits per heavy atom. The summed E-state index contributed by atoms with van der Waals surface area (Å²) in [4.78, 5) is 18.7. The van der Waals surface area contributed by atoms with Gasteiger partial charge in [-0.05, 0) is 91.8 Å². The summed E-state index contributed by atoms with van der Waals surface area (Å²) < 4.78 is 7.16. The van der Waals surface area contributed by atoms with Crippen LogP contribution in [0.15, 0.2) is 162 Å². The van der Waals surface area contributed by atoms with E-state index in [0.29, 0.717) is 11.8 Å². The van der Waals surface area contributed by atoms with Gasteiger partial charge in [-0.3, -0.25) is 0 Å². The van der Waals surface area contributed by atoms with Gasteiger partial charge in [0.05, 0.1) is 0 Å². The molecule has 4 heterocycles. The predicted molar refractivity (Wildman–Crippen MR) is 255 cm³/mol. The number of fused-ring (bicyclic) bond motifs is 7. The molecule has 1 saturated carbocycles. The summed E-state index contributed by atoms with van der Waals surface area (Å²) in [6.45, 7) is 3.35. The zero-order valence-corrected chi connectivity index (χ0v) is 36.1. The van der Waals surface area contributed by atoms with Crippen LogP contribution < -0.4 is 10.2 Å². The Bertz CT molecular complexity index is 2830. The minimum Gasteiger partial charge on any atom is -0.458 e. The Hall–Kier alpha value is -6.11. The normalized spacial score (nSPS) is 27.6. The number of rotatable bonds is 7. The Morgan fingerprint density at radius 2 is 1.62 bits per heavy atom. The number of hydrogen-bond donors (Lipinski definition) is 1. The molecule has 12 rings (SSSR count). The topological polar surface area (TPSA) is 67.1 Å². The third-order valence-corrected chi connectivity index (χ3v) is 15.4. The number of benzene rings is 4. The number of para-hydroxylation sites is 2. The number of piperidine rings is 1. The highest BCUT2D eigenvalue weighted by Crippen LogP contribution is 2.57. The molecule has 2 aromatic heterocycles. The van der Waals surface area contributed by atoms with E-state index in [4.69, 9.17) is 19.4 Å². The smallest absolute Gasteiger partial charge is 0.163 e. The second-order valence-electron chi connectivity index (χ2n) is 19.1. The van der Waals surface area contributed by atoms with Gasteiger partial charge in [-0.25, -0.2) is 15.0 Å². The van der Waals surface area contributed by atoms with Crippen molar-refractivity contribution in [3.63, 3.8) is 0 Å². The third kappa shape index (κ3) is 6.77. The number of furan rings is 1. The van der Waals surface area contributed by atoms with Crippen LogP contribution in [-0.2, 0) is 5.41 Å². The zero-order chi connectivity index (χ0) is 41.9. The highest BCUT2D eigenvalue weighted by Gasteiger charge is 2.48. The fraction of sp³-hybridized carbons (Fsp3) is 0.316. The second-order valence-corrected chi connectivity index (χ2v) is 19.1. The van der Waals surface area contributed by atoms with E-state index < -0.39 is 5.41 Å². The number of aromatic nitrogens is 3. The fourth-order valence-electron chi connectivity index (χ4n) is 12.1. The molecule has 6 aliphatic rings. The van der Waals surface area contributed by atoms with Crippen molar-refractivity contribution < 1.29 is 4.42 Å². The van der Waals surface area contributed by atoms with Crippen LogP contribution in [0.2, 0.25) is 0 Å². The monoisotopic (exact) mass is 825 g/mol. The molecule has 2 fully saturated rings. The minimum atomic E-state index is -0.458. The first kappa shape index (κ1) is 38.6. The SMILES string of the molecule is CC1(c2nc(-c3ccccc3)nc(C3C=CC=CC3)n2)CC(C2C=CC=C(C3CCCCC3)C2)CNC1c1ccc2c3c(oc2c1)C1C(C=C3)c2ccccc2N1c1ccccc1. The molecule has 0 bridgehead atoms. The Kier molecular flexibility index (Phi) is 9.73. The Balaban J connectivity index is 0.954. The maximum atomic E-state index is 7.16. The van der Waals surface area contributed by atoms with Gasteiger partial charge in [0.15, 0.2) is 5.82 Å². The van der Waals surface area contributed by atoms with E-state index in [1.54, 1.807) is 5.57 Å². The molecule has 0 radical (unpaired) electrons. The van der Waals surface area contributed by atoms with Gasteiger partial charge in [0, 0.05) is 51.2 Å². The van der Waals surface area contributed by atoms with Crippen LogP contribution in [0.5, 0.6) is 0 Å². The van der Waals surface area contributed by atoms with E-state index in [0.717, 1.165) is 71.5 Å². The van der Waals surface area contributed by atoms with Crippen LogP contribution in [0.4, 0.5) is 11.4 Å². The molecule has 0 spiro atoms. The van der Waals surface area contributed by atoms with Crippen molar-refractivity contribution in [1.29, 1.82) is 0 Å². The van der Waals surface area contributed by atoms with E-state index >= 15 is 0 Å². The average molecular weight is 826 g/mol. The average Bonchev–Trinajstić information content (AvgIpc) is 3.90. The van der Waals surface area contributed by atoms with E-state index in [1.807, 2.05) is 0 Å². The molecule has 6 nitrogen and oxygen atoms in total. The Morgan fingerprint density at radius 1 is 0.794 bits per heavy atom. The van der Waals surface area contributed by atoms with Crippen molar-refractivity contribution in [2.75, 3.05) is 11.4 Å². The first-order valence-corrected chi connectivity index (χ1v) is 23.5. The van der Waals surface area contributed by atoms with Gasteiger partial charge in [-0.15, -0.1) is 0 Å². The van der Waals surface area contributed by atoms with Gasteiger partial charge in [0.25, 0.3) is 0 Å². The highest BCUT2D eigenvalue weighted by molar-refractivity contribution is 5.92. The van der Waals surface area contributed by atoms with Crippen molar-refractivity contribution in [3.8, 4) is 11.4 Å². The maximum absolute atomic E-state index is 7.16. The van der Waals surface area contributed by atoms with Gasteiger partial charge in [0.2, 0.25) is 0 Å². The minimum absolute atomic E-state index is 0.0271. The summed E-state index contributed by atoms with van der Waals surface area (Å²) in [6.07, 6.45) is 30.5. The molecular weight excluding hydrogens is 771 g/mol. The van der Waals surface area contributed by atoms with E-state index in [-0.39, 0.29) is 23.9 Å². The van der Waals surface area contributed by atoms with Gasteiger partial charge in [-0.2, -0.15) is 0 Å². The summed E-state index contributed by atoms with van der Waals surface area (Å²) in [6, 6.07) is 37.0. The molecule has 6 aromatic rings. The largest absolute Gasteiger partial charge is 0.458 e. The first-order valence-electron chi connectivity index (χ1n) is 23.5. The lowest BCUT2D eigenvalue weighted by atomic mass is 9.64. The van der Waals surface area contributed by atoms with Crippen LogP contribution >= 0.6 is 0 Å². The van der Waals surface area contributed by atoms with Crippen molar-refractivity contribution in [1.82, 2.24) is 20.3 Å². The van der Waals surface area contributed by atoms with Crippen LogP contribution in [0.25, 0.3) is 28.4 Å². The molecule has 0 amide bonds. The second kappa shape index (κ2) is 15.9. The number of allylic oxidation sites excluding steroid dienone is 8. The zero-order valence-electron chi connectivity index (χ0n) is 36.1. The van der Waals surface area contributed by atoms with Crippen molar-refractivity contribution in [2.24, 2.45) is 17.8 Å². The standard InChI is InChI=1S/C57H55N5O/c1-57(56-60-54(38-19-8-3-9-20-38)59-55(61-56)39-21-10-4-11-22-39)35-43(41-24-16-23-40(33-41)37-17-6-2-7-18-37)36-58-53(57)42-29-30-46-48-32-31-47-45-27-14-15-28-49(45)62(44-25-12-5-13-26-44)51(47)52(48)63-50(46)34-42/h3-5,8-16,19-21,23-32,34,37,39,41,43,47,51,53,58H,2,6-7,17-18,22,33,35-36H2,1H3. The number of nitrogens with zero attached hydrogens (tertiary/aromatic N) is 4. The molecule has 4 aliphatic carbocycles. The van der Waals surface area contributed by atoms with Crippen molar-refractivity contribution >= 4 is 28.4 Å². The molecule has 7 unspecified atom stereocenters. The molecule has 63 heavy (non-hydrogen) atoms. The molecular formula is C57H55N5O. The van der Waals surface area contributed by atoms with E-state index in [2.05, 4.69) is 175 Å².